The number of hydrogen-bond donors (Lipinski definition) is 3. The van der Waals surface area contributed by atoms with Crippen LogP contribution in [0.4, 0.5) is 9.93 Å². The van der Waals surface area contributed by atoms with Crippen molar-refractivity contribution < 1.29 is 14.3 Å². The van der Waals surface area contributed by atoms with Gasteiger partial charge in [-0.1, -0.05) is 18.3 Å². The Hall–Kier alpha value is -1.93. The Balaban J connectivity index is 1.88. The second kappa shape index (κ2) is 6.23. The van der Waals surface area contributed by atoms with E-state index in [4.69, 9.17) is 4.42 Å². The summed E-state index contributed by atoms with van der Waals surface area (Å²) in [5.41, 5.74) is -1.28. The zero-order chi connectivity index (χ0) is 15.5. The molecule has 2 aromatic rings. The number of anilines is 1. The van der Waals surface area contributed by atoms with Crippen molar-refractivity contribution in [1.82, 2.24) is 15.5 Å². The first-order valence-electron chi connectivity index (χ1n) is 6.57. The van der Waals surface area contributed by atoms with Gasteiger partial charge in [0.05, 0.1) is 6.54 Å². The number of hydrogen-bond acceptors (Lipinski definition) is 6. The van der Waals surface area contributed by atoms with Gasteiger partial charge >= 0.3 is 6.03 Å². The van der Waals surface area contributed by atoms with Gasteiger partial charge in [0.15, 0.2) is 0 Å². The number of rotatable bonds is 5. The second-order valence-corrected chi connectivity index (χ2v) is 5.91. The molecule has 0 aliphatic carbocycles. The molecular weight excluding hydrogens is 292 g/mol. The van der Waals surface area contributed by atoms with Crippen molar-refractivity contribution in [2.45, 2.75) is 32.8 Å². The van der Waals surface area contributed by atoms with E-state index in [2.05, 4.69) is 20.8 Å². The molecule has 8 heteroatoms. The third-order valence-electron chi connectivity index (χ3n) is 2.85. The number of carbonyl (C=O) groups is 1. The van der Waals surface area contributed by atoms with E-state index in [1.165, 1.54) is 11.3 Å². The van der Waals surface area contributed by atoms with Gasteiger partial charge in [0, 0.05) is 0 Å². The third-order valence-corrected chi connectivity index (χ3v) is 3.84. The molecule has 0 aliphatic rings. The summed E-state index contributed by atoms with van der Waals surface area (Å²) in [6, 6.07) is 3.00. The monoisotopic (exact) mass is 310 g/mol. The van der Waals surface area contributed by atoms with Gasteiger partial charge in [-0.15, -0.1) is 10.2 Å². The molecule has 21 heavy (non-hydrogen) atoms. The number of nitrogens with zero attached hydrogens (tertiary/aromatic N) is 2. The van der Waals surface area contributed by atoms with E-state index in [9.17, 15) is 9.90 Å². The lowest BCUT2D eigenvalue weighted by atomic mass is 10.0. The van der Waals surface area contributed by atoms with Gasteiger partial charge in [-0.2, -0.15) is 0 Å². The number of aliphatic hydroxyl groups is 1. The Bertz CT molecular complexity index is 620. The van der Waals surface area contributed by atoms with Crippen LogP contribution in [0, 0.1) is 6.92 Å². The first kappa shape index (κ1) is 15.5. The van der Waals surface area contributed by atoms with E-state index in [1.54, 1.807) is 26.0 Å². The van der Waals surface area contributed by atoms with Crippen molar-refractivity contribution in [3.63, 3.8) is 0 Å². The van der Waals surface area contributed by atoms with E-state index in [0.717, 1.165) is 11.4 Å². The summed E-state index contributed by atoms with van der Waals surface area (Å²) in [7, 11) is 0. The van der Waals surface area contributed by atoms with Gasteiger partial charge in [0.2, 0.25) is 5.13 Å². The van der Waals surface area contributed by atoms with Crippen LogP contribution in [0.3, 0.4) is 0 Å². The highest BCUT2D eigenvalue weighted by atomic mass is 32.1. The summed E-state index contributed by atoms with van der Waals surface area (Å²) in [5.74, 6) is 1.11. The first-order valence-corrected chi connectivity index (χ1v) is 7.39. The van der Waals surface area contributed by atoms with Gasteiger partial charge in [0.25, 0.3) is 0 Å². The molecule has 3 N–H and O–H groups in total. The summed E-state index contributed by atoms with van der Waals surface area (Å²) in [4.78, 5) is 11.8. The van der Waals surface area contributed by atoms with E-state index in [-0.39, 0.29) is 6.54 Å². The van der Waals surface area contributed by atoms with Crippen LogP contribution in [-0.2, 0) is 12.0 Å². The number of amides is 2. The normalized spacial score (nSPS) is 13.7. The van der Waals surface area contributed by atoms with Crippen LogP contribution < -0.4 is 10.6 Å². The minimum Gasteiger partial charge on any atom is -0.463 e. The van der Waals surface area contributed by atoms with Gasteiger partial charge < -0.3 is 14.8 Å². The molecule has 0 aliphatic heterocycles. The van der Waals surface area contributed by atoms with Gasteiger partial charge in [0.1, 0.15) is 22.1 Å². The lowest BCUT2D eigenvalue weighted by Gasteiger charge is -2.21. The molecule has 0 radical (unpaired) electrons. The fourth-order valence-corrected chi connectivity index (χ4v) is 2.33. The molecule has 0 fully saturated rings. The zero-order valence-corrected chi connectivity index (χ0v) is 13.0. The summed E-state index contributed by atoms with van der Waals surface area (Å²) in [6.07, 6.45) is 0.771. The summed E-state index contributed by atoms with van der Waals surface area (Å²) in [6.45, 7) is 5.35. The SMILES string of the molecule is CCc1nnc(NC(=O)NCC(C)(O)c2ccc(C)o2)s1. The zero-order valence-electron chi connectivity index (χ0n) is 12.1. The van der Waals surface area contributed by atoms with Crippen molar-refractivity contribution in [3.8, 4) is 0 Å². The highest BCUT2D eigenvalue weighted by Crippen LogP contribution is 2.22. The maximum absolute atomic E-state index is 11.8. The maximum Gasteiger partial charge on any atom is 0.321 e. The molecule has 1 atom stereocenters. The number of urea groups is 1. The van der Waals surface area contributed by atoms with E-state index in [1.807, 2.05) is 6.92 Å². The van der Waals surface area contributed by atoms with Gasteiger partial charge in [-0.25, -0.2) is 4.79 Å². The molecule has 114 valence electrons. The van der Waals surface area contributed by atoms with E-state index < -0.39 is 11.6 Å². The Morgan fingerprint density at radius 1 is 1.48 bits per heavy atom. The van der Waals surface area contributed by atoms with Crippen LogP contribution in [-0.4, -0.2) is 27.9 Å². The standard InChI is InChI=1S/C13H18N4O3S/c1-4-10-16-17-12(21-10)15-11(18)14-7-13(3,19)9-6-5-8(2)20-9/h5-6,19H,4,7H2,1-3H3,(H2,14,15,17,18). The minimum absolute atomic E-state index is 0.0191. The molecule has 7 nitrogen and oxygen atoms in total. The number of carbonyl (C=O) groups excluding carboxylic acids is 1. The molecule has 0 saturated heterocycles. The summed E-state index contributed by atoms with van der Waals surface area (Å²) < 4.78 is 5.37. The average molecular weight is 310 g/mol. The van der Waals surface area contributed by atoms with Crippen LogP contribution in [0.15, 0.2) is 16.5 Å². The van der Waals surface area contributed by atoms with Crippen molar-refractivity contribution in [2.75, 3.05) is 11.9 Å². The van der Waals surface area contributed by atoms with Gasteiger partial charge in [-0.05, 0) is 32.4 Å². The van der Waals surface area contributed by atoms with Crippen LogP contribution in [0.2, 0.25) is 0 Å². The van der Waals surface area contributed by atoms with Crippen molar-refractivity contribution in [2.24, 2.45) is 0 Å². The Morgan fingerprint density at radius 3 is 2.81 bits per heavy atom. The van der Waals surface area contributed by atoms with Crippen LogP contribution in [0.25, 0.3) is 0 Å². The minimum atomic E-state index is -1.28. The lowest BCUT2D eigenvalue weighted by molar-refractivity contribution is 0.0364. The Kier molecular flexibility index (Phi) is 4.59. The Morgan fingerprint density at radius 2 is 2.24 bits per heavy atom. The average Bonchev–Trinajstić information content (AvgIpc) is 3.06. The van der Waals surface area contributed by atoms with Gasteiger partial charge in [-0.3, -0.25) is 5.32 Å². The van der Waals surface area contributed by atoms with E-state index in [0.29, 0.717) is 16.7 Å². The molecule has 1 unspecified atom stereocenters. The maximum atomic E-state index is 11.8. The smallest absolute Gasteiger partial charge is 0.321 e. The number of nitrogens with one attached hydrogen (secondary N) is 2. The highest BCUT2D eigenvalue weighted by Gasteiger charge is 2.27. The Labute approximate surface area is 126 Å². The molecule has 2 aromatic heterocycles. The summed E-state index contributed by atoms with van der Waals surface area (Å²) in [5, 5.41) is 24.5. The highest BCUT2D eigenvalue weighted by molar-refractivity contribution is 7.15. The molecule has 0 saturated carbocycles. The fourth-order valence-electron chi connectivity index (χ4n) is 1.65. The molecule has 0 bridgehead atoms. The molecule has 2 heterocycles. The predicted octanol–water partition coefficient (Wildman–Crippen LogP) is 2.03. The lowest BCUT2D eigenvalue weighted by Crippen LogP contribution is -2.40. The summed E-state index contributed by atoms with van der Waals surface area (Å²) >= 11 is 1.32. The second-order valence-electron chi connectivity index (χ2n) is 4.85. The molecular formula is C13H18N4O3S. The van der Waals surface area contributed by atoms with Crippen molar-refractivity contribution in [3.05, 3.63) is 28.7 Å². The fraction of sp³-hybridized carbons (Fsp3) is 0.462. The topological polar surface area (TPSA) is 100 Å². The van der Waals surface area contributed by atoms with Crippen molar-refractivity contribution >= 4 is 22.5 Å². The van der Waals surface area contributed by atoms with Crippen LogP contribution in [0.5, 0.6) is 0 Å². The van der Waals surface area contributed by atoms with Crippen molar-refractivity contribution in [1.29, 1.82) is 0 Å². The molecule has 2 rings (SSSR count). The quantitative estimate of drug-likeness (QED) is 0.784. The molecule has 2 amide bonds. The predicted molar refractivity (Wildman–Crippen MR) is 79.3 cm³/mol. The number of furan rings is 1. The third kappa shape index (κ3) is 4.02. The first-order chi connectivity index (χ1) is 9.90. The molecule has 0 aromatic carbocycles. The number of aromatic nitrogens is 2. The van der Waals surface area contributed by atoms with Crippen LogP contribution >= 0.6 is 11.3 Å². The van der Waals surface area contributed by atoms with E-state index >= 15 is 0 Å². The number of aryl methyl sites for hydroxylation is 2. The largest absolute Gasteiger partial charge is 0.463 e. The molecule has 0 spiro atoms. The van der Waals surface area contributed by atoms with Crippen LogP contribution in [0.1, 0.15) is 30.4 Å².